The summed E-state index contributed by atoms with van der Waals surface area (Å²) in [6.45, 7) is 3.78. The Labute approximate surface area is 151 Å². The van der Waals surface area contributed by atoms with Gasteiger partial charge in [-0.25, -0.2) is 0 Å². The molecule has 4 rings (SSSR count). The molecule has 2 aliphatic heterocycles. The molecular weight excluding hydrogens is 312 g/mol. The number of likely N-dealkylation sites (N-methyl/N-ethyl adjacent to an activating group) is 1. The fraction of sp³-hybridized carbons (Fsp3) is 0.667. The van der Waals surface area contributed by atoms with E-state index in [9.17, 15) is 4.79 Å². The molecule has 1 spiro atoms. The number of benzene rings is 1. The normalized spacial score (nSPS) is 25.8. The molecule has 4 nitrogen and oxygen atoms in total. The third-order valence-electron chi connectivity index (χ3n) is 6.68. The number of carbonyl (C=O) groups excluding carboxylic acids is 1. The number of rotatable bonds is 4. The first-order chi connectivity index (χ1) is 12.1. The molecule has 1 aliphatic carbocycles. The molecule has 0 saturated carbocycles. The summed E-state index contributed by atoms with van der Waals surface area (Å²) in [4.78, 5) is 17.3. The Morgan fingerprint density at radius 1 is 1.20 bits per heavy atom. The highest BCUT2D eigenvalue weighted by atomic mass is 16.5. The lowest BCUT2D eigenvalue weighted by atomic mass is 9.75. The summed E-state index contributed by atoms with van der Waals surface area (Å²) in [5.41, 5.74) is 3.08. The van der Waals surface area contributed by atoms with Gasteiger partial charge in [0.1, 0.15) is 0 Å². The first-order valence-electron chi connectivity index (χ1n) is 9.64. The molecule has 0 N–H and O–H groups in total. The number of nitrogens with zero attached hydrogens (tertiary/aromatic N) is 2. The van der Waals surface area contributed by atoms with E-state index in [0.717, 1.165) is 45.5 Å². The summed E-state index contributed by atoms with van der Waals surface area (Å²) in [6.07, 6.45) is 5.21. The van der Waals surface area contributed by atoms with Crippen LogP contribution < -0.4 is 0 Å². The van der Waals surface area contributed by atoms with E-state index in [-0.39, 0.29) is 5.54 Å². The number of amides is 1. The maximum absolute atomic E-state index is 12.8. The van der Waals surface area contributed by atoms with E-state index in [2.05, 4.69) is 41.1 Å². The zero-order valence-corrected chi connectivity index (χ0v) is 15.5. The first kappa shape index (κ1) is 17.0. The quantitative estimate of drug-likeness (QED) is 0.842. The molecule has 2 fully saturated rings. The van der Waals surface area contributed by atoms with Crippen molar-refractivity contribution in [1.82, 2.24) is 9.80 Å². The SMILES string of the molecule is COCC1CCN(C)C2(C1)CN(C(=O)CC1Cc3ccccc3C1)C2. The Hall–Kier alpha value is -1.39. The maximum atomic E-state index is 12.8. The molecule has 1 amide bonds. The van der Waals surface area contributed by atoms with E-state index >= 15 is 0 Å². The van der Waals surface area contributed by atoms with E-state index in [1.165, 1.54) is 17.5 Å². The lowest BCUT2D eigenvalue weighted by Gasteiger charge is -2.58. The predicted molar refractivity (Wildman–Crippen MR) is 98.5 cm³/mol. The van der Waals surface area contributed by atoms with Crippen LogP contribution in [-0.4, -0.2) is 61.6 Å². The molecule has 0 bridgehead atoms. The van der Waals surface area contributed by atoms with Crippen molar-refractivity contribution in [1.29, 1.82) is 0 Å². The fourth-order valence-electron chi connectivity index (χ4n) is 5.17. The van der Waals surface area contributed by atoms with Gasteiger partial charge in [0.05, 0.1) is 5.54 Å². The van der Waals surface area contributed by atoms with Crippen molar-refractivity contribution in [2.45, 2.75) is 37.6 Å². The highest BCUT2D eigenvalue weighted by Gasteiger charge is 2.50. The molecular formula is C21H30N2O2. The minimum Gasteiger partial charge on any atom is -0.384 e. The van der Waals surface area contributed by atoms with Gasteiger partial charge in [-0.3, -0.25) is 9.69 Å². The van der Waals surface area contributed by atoms with Crippen LogP contribution in [0.25, 0.3) is 0 Å². The minimum atomic E-state index is 0.204. The summed E-state index contributed by atoms with van der Waals surface area (Å²) in [5, 5.41) is 0. The summed E-state index contributed by atoms with van der Waals surface area (Å²) >= 11 is 0. The Balaban J connectivity index is 1.31. The van der Waals surface area contributed by atoms with Gasteiger partial charge in [-0.05, 0) is 62.2 Å². The van der Waals surface area contributed by atoms with Crippen molar-refractivity contribution in [3.8, 4) is 0 Å². The first-order valence-corrected chi connectivity index (χ1v) is 9.64. The second kappa shape index (κ2) is 6.73. The summed E-state index contributed by atoms with van der Waals surface area (Å²) in [7, 11) is 4.01. The van der Waals surface area contributed by atoms with E-state index in [0.29, 0.717) is 24.2 Å². The van der Waals surface area contributed by atoms with Crippen LogP contribution >= 0.6 is 0 Å². The third kappa shape index (κ3) is 3.22. The van der Waals surface area contributed by atoms with Gasteiger partial charge in [0.2, 0.25) is 5.91 Å². The summed E-state index contributed by atoms with van der Waals surface area (Å²) in [6, 6.07) is 8.64. The maximum Gasteiger partial charge on any atom is 0.222 e. The molecule has 25 heavy (non-hydrogen) atoms. The third-order valence-corrected chi connectivity index (χ3v) is 6.68. The molecule has 1 atom stereocenters. The highest BCUT2D eigenvalue weighted by Crippen LogP contribution is 2.39. The van der Waals surface area contributed by atoms with E-state index in [1.807, 2.05) is 0 Å². The second-order valence-electron chi connectivity index (χ2n) is 8.46. The van der Waals surface area contributed by atoms with E-state index in [1.54, 1.807) is 7.11 Å². The average molecular weight is 342 g/mol. The molecule has 2 saturated heterocycles. The van der Waals surface area contributed by atoms with Crippen molar-refractivity contribution in [3.63, 3.8) is 0 Å². The lowest BCUT2D eigenvalue weighted by Crippen LogP contribution is -2.72. The van der Waals surface area contributed by atoms with Crippen LogP contribution in [0, 0.1) is 11.8 Å². The number of likely N-dealkylation sites (tertiary alicyclic amines) is 2. The average Bonchev–Trinajstić information content (AvgIpc) is 2.96. The standard InChI is InChI=1S/C21H30N2O2/c1-22-8-7-16(13-25-2)12-21(22)14-23(15-21)20(24)11-17-9-18-5-3-4-6-19(18)10-17/h3-6,16-17H,7-15H2,1-2H3. The zero-order chi connectivity index (χ0) is 17.4. The van der Waals surface area contributed by atoms with Crippen LogP contribution in [0.3, 0.4) is 0 Å². The number of piperidine rings is 1. The van der Waals surface area contributed by atoms with Gasteiger partial charge in [0.15, 0.2) is 0 Å². The van der Waals surface area contributed by atoms with Crippen molar-refractivity contribution in [2.24, 2.45) is 11.8 Å². The molecule has 136 valence electrons. The molecule has 1 unspecified atom stereocenters. The number of hydrogen-bond donors (Lipinski definition) is 0. The van der Waals surface area contributed by atoms with Gasteiger partial charge in [-0.15, -0.1) is 0 Å². The predicted octanol–water partition coefficient (Wildman–Crippen LogP) is 2.36. The Bertz CT molecular complexity index is 614. The smallest absolute Gasteiger partial charge is 0.222 e. The summed E-state index contributed by atoms with van der Waals surface area (Å²) < 4.78 is 5.37. The van der Waals surface area contributed by atoms with Crippen LogP contribution in [0.2, 0.25) is 0 Å². The van der Waals surface area contributed by atoms with Crippen molar-refractivity contribution in [2.75, 3.05) is 40.4 Å². The van der Waals surface area contributed by atoms with Crippen molar-refractivity contribution >= 4 is 5.91 Å². The number of carbonyl (C=O) groups is 1. The molecule has 3 aliphatic rings. The van der Waals surface area contributed by atoms with Gasteiger partial charge in [0.25, 0.3) is 0 Å². The summed E-state index contributed by atoms with van der Waals surface area (Å²) in [5.74, 6) is 1.49. The monoisotopic (exact) mass is 342 g/mol. The van der Waals surface area contributed by atoms with Gasteiger partial charge < -0.3 is 9.64 Å². The molecule has 1 aromatic carbocycles. The molecule has 0 radical (unpaired) electrons. The number of methoxy groups -OCH3 is 1. The van der Waals surface area contributed by atoms with E-state index in [4.69, 9.17) is 4.74 Å². The largest absolute Gasteiger partial charge is 0.384 e. The molecule has 2 heterocycles. The Morgan fingerprint density at radius 3 is 2.52 bits per heavy atom. The van der Waals surface area contributed by atoms with Crippen molar-refractivity contribution in [3.05, 3.63) is 35.4 Å². The number of fused-ring (bicyclic) bond motifs is 1. The fourth-order valence-corrected chi connectivity index (χ4v) is 5.17. The Morgan fingerprint density at radius 2 is 1.88 bits per heavy atom. The van der Waals surface area contributed by atoms with Crippen LogP contribution in [0.5, 0.6) is 0 Å². The van der Waals surface area contributed by atoms with Gasteiger partial charge >= 0.3 is 0 Å². The minimum absolute atomic E-state index is 0.204. The van der Waals surface area contributed by atoms with Gasteiger partial charge in [-0.2, -0.15) is 0 Å². The second-order valence-corrected chi connectivity index (χ2v) is 8.46. The van der Waals surface area contributed by atoms with Crippen LogP contribution in [-0.2, 0) is 22.4 Å². The van der Waals surface area contributed by atoms with Gasteiger partial charge in [-0.1, -0.05) is 24.3 Å². The topological polar surface area (TPSA) is 32.8 Å². The molecule has 1 aromatic rings. The number of hydrogen-bond acceptors (Lipinski definition) is 3. The highest BCUT2D eigenvalue weighted by molar-refractivity contribution is 5.78. The van der Waals surface area contributed by atoms with E-state index < -0.39 is 0 Å². The van der Waals surface area contributed by atoms with Crippen LogP contribution in [0.1, 0.15) is 30.4 Å². The Kier molecular flexibility index (Phi) is 4.59. The van der Waals surface area contributed by atoms with Crippen LogP contribution in [0.15, 0.2) is 24.3 Å². The lowest BCUT2D eigenvalue weighted by molar-refractivity contribution is -0.151. The van der Waals surface area contributed by atoms with Crippen molar-refractivity contribution < 1.29 is 9.53 Å². The van der Waals surface area contributed by atoms with Crippen LogP contribution in [0.4, 0.5) is 0 Å². The number of ether oxygens (including phenoxy) is 1. The zero-order valence-electron chi connectivity index (χ0n) is 15.5. The van der Waals surface area contributed by atoms with Gasteiger partial charge in [0, 0.05) is 33.2 Å². The molecule has 0 aromatic heterocycles. The molecule has 4 heteroatoms.